The highest BCUT2D eigenvalue weighted by Crippen LogP contribution is 2.29. The van der Waals surface area contributed by atoms with Crippen LogP contribution in [0.25, 0.3) is 0 Å². The largest absolute Gasteiger partial charge is 0.395 e. The van der Waals surface area contributed by atoms with E-state index in [4.69, 9.17) is 9.84 Å². The van der Waals surface area contributed by atoms with Crippen LogP contribution in [-0.2, 0) is 4.74 Å². The van der Waals surface area contributed by atoms with Gasteiger partial charge in [-0.15, -0.1) is 0 Å². The SMILES string of the molecule is CCCN(CCO)CC1(CNC(C)C)CCOC1. The van der Waals surface area contributed by atoms with E-state index in [-0.39, 0.29) is 12.0 Å². The minimum atomic E-state index is 0.231. The van der Waals surface area contributed by atoms with Gasteiger partial charge in [0.05, 0.1) is 13.2 Å². The van der Waals surface area contributed by atoms with Crippen LogP contribution in [0.2, 0.25) is 0 Å². The number of nitrogens with zero attached hydrogens (tertiary/aromatic N) is 1. The fourth-order valence-electron chi connectivity index (χ4n) is 2.59. The first-order valence-corrected chi connectivity index (χ1v) is 7.26. The van der Waals surface area contributed by atoms with E-state index in [0.717, 1.165) is 52.2 Å². The Morgan fingerprint density at radius 3 is 2.67 bits per heavy atom. The van der Waals surface area contributed by atoms with Crippen LogP contribution < -0.4 is 5.32 Å². The lowest BCUT2D eigenvalue weighted by atomic mass is 9.86. The monoisotopic (exact) mass is 258 g/mol. The van der Waals surface area contributed by atoms with E-state index >= 15 is 0 Å². The van der Waals surface area contributed by atoms with Crippen molar-refractivity contribution in [2.24, 2.45) is 5.41 Å². The fourth-order valence-corrected chi connectivity index (χ4v) is 2.59. The van der Waals surface area contributed by atoms with Crippen LogP contribution in [0.3, 0.4) is 0 Å². The van der Waals surface area contributed by atoms with Crippen LogP contribution in [-0.4, -0.2) is 62.0 Å². The molecule has 1 aliphatic rings. The molecule has 1 rings (SSSR count). The third-order valence-corrected chi connectivity index (χ3v) is 3.59. The maximum Gasteiger partial charge on any atom is 0.0558 e. The average molecular weight is 258 g/mol. The molecule has 0 bridgehead atoms. The average Bonchev–Trinajstić information content (AvgIpc) is 2.76. The van der Waals surface area contributed by atoms with Gasteiger partial charge >= 0.3 is 0 Å². The molecule has 0 aliphatic carbocycles. The predicted molar refractivity (Wildman–Crippen MR) is 74.8 cm³/mol. The molecule has 1 atom stereocenters. The molecule has 0 amide bonds. The first kappa shape index (κ1) is 15.9. The Morgan fingerprint density at radius 2 is 2.17 bits per heavy atom. The normalized spacial score (nSPS) is 24.3. The second kappa shape index (κ2) is 8.10. The third-order valence-electron chi connectivity index (χ3n) is 3.59. The van der Waals surface area contributed by atoms with Gasteiger partial charge in [-0.05, 0) is 19.4 Å². The van der Waals surface area contributed by atoms with Crippen molar-refractivity contribution in [2.75, 3.05) is 46.0 Å². The van der Waals surface area contributed by atoms with Gasteiger partial charge in [-0.25, -0.2) is 0 Å². The van der Waals surface area contributed by atoms with E-state index in [1.54, 1.807) is 0 Å². The number of hydrogen-bond acceptors (Lipinski definition) is 4. The molecule has 0 aromatic rings. The van der Waals surface area contributed by atoms with Gasteiger partial charge in [0, 0.05) is 37.7 Å². The number of aliphatic hydroxyl groups is 1. The quantitative estimate of drug-likeness (QED) is 0.650. The summed E-state index contributed by atoms with van der Waals surface area (Å²) in [5.41, 5.74) is 0.231. The van der Waals surface area contributed by atoms with Crippen molar-refractivity contribution < 1.29 is 9.84 Å². The number of ether oxygens (including phenoxy) is 1. The molecule has 1 aliphatic heterocycles. The molecule has 108 valence electrons. The Morgan fingerprint density at radius 1 is 1.39 bits per heavy atom. The lowest BCUT2D eigenvalue weighted by Crippen LogP contribution is -2.47. The van der Waals surface area contributed by atoms with Crippen molar-refractivity contribution in [3.63, 3.8) is 0 Å². The standard InChI is InChI=1S/C14H30N2O2/c1-4-6-16(7-8-17)11-14(5-9-18-12-14)10-15-13(2)3/h13,15,17H,4-12H2,1-3H3. The van der Waals surface area contributed by atoms with Gasteiger partial charge in [0.1, 0.15) is 0 Å². The zero-order valence-corrected chi connectivity index (χ0v) is 12.2. The molecule has 1 saturated heterocycles. The van der Waals surface area contributed by atoms with Gasteiger partial charge in [0.15, 0.2) is 0 Å². The van der Waals surface area contributed by atoms with Crippen molar-refractivity contribution in [2.45, 2.75) is 39.7 Å². The summed E-state index contributed by atoms with van der Waals surface area (Å²) in [6.45, 7) is 12.4. The molecule has 1 fully saturated rings. The zero-order chi connectivity index (χ0) is 13.4. The maximum atomic E-state index is 9.15. The maximum absolute atomic E-state index is 9.15. The minimum Gasteiger partial charge on any atom is -0.395 e. The van der Waals surface area contributed by atoms with E-state index in [1.807, 2.05) is 0 Å². The molecule has 0 saturated carbocycles. The fraction of sp³-hybridized carbons (Fsp3) is 1.00. The summed E-state index contributed by atoms with van der Waals surface area (Å²) in [5, 5.41) is 12.7. The second-order valence-electron chi connectivity index (χ2n) is 5.84. The van der Waals surface area contributed by atoms with E-state index in [1.165, 1.54) is 0 Å². The van der Waals surface area contributed by atoms with Crippen molar-refractivity contribution >= 4 is 0 Å². The van der Waals surface area contributed by atoms with Gasteiger partial charge in [-0.2, -0.15) is 0 Å². The van der Waals surface area contributed by atoms with Crippen LogP contribution in [0.4, 0.5) is 0 Å². The molecule has 1 unspecified atom stereocenters. The van der Waals surface area contributed by atoms with Crippen molar-refractivity contribution in [1.29, 1.82) is 0 Å². The van der Waals surface area contributed by atoms with Gasteiger partial charge in [-0.1, -0.05) is 20.8 Å². The van der Waals surface area contributed by atoms with E-state index in [2.05, 4.69) is 31.0 Å². The van der Waals surface area contributed by atoms with E-state index in [9.17, 15) is 0 Å². The smallest absolute Gasteiger partial charge is 0.0558 e. The molecule has 4 heteroatoms. The number of nitrogens with one attached hydrogen (secondary N) is 1. The number of hydrogen-bond donors (Lipinski definition) is 2. The molecule has 0 aromatic heterocycles. The molecule has 0 radical (unpaired) electrons. The molecular formula is C14H30N2O2. The van der Waals surface area contributed by atoms with Crippen LogP contribution in [0.15, 0.2) is 0 Å². The summed E-state index contributed by atoms with van der Waals surface area (Å²) in [7, 11) is 0. The van der Waals surface area contributed by atoms with Crippen LogP contribution >= 0.6 is 0 Å². The Labute approximate surface area is 112 Å². The highest BCUT2D eigenvalue weighted by molar-refractivity contribution is 4.89. The summed E-state index contributed by atoms with van der Waals surface area (Å²) >= 11 is 0. The zero-order valence-electron chi connectivity index (χ0n) is 12.2. The van der Waals surface area contributed by atoms with Crippen LogP contribution in [0, 0.1) is 5.41 Å². The first-order valence-electron chi connectivity index (χ1n) is 7.26. The van der Waals surface area contributed by atoms with Crippen molar-refractivity contribution in [3.8, 4) is 0 Å². The van der Waals surface area contributed by atoms with E-state index < -0.39 is 0 Å². The minimum absolute atomic E-state index is 0.231. The molecule has 4 nitrogen and oxygen atoms in total. The van der Waals surface area contributed by atoms with Crippen molar-refractivity contribution in [3.05, 3.63) is 0 Å². The van der Waals surface area contributed by atoms with Gasteiger partial charge in [0.25, 0.3) is 0 Å². The Hall–Kier alpha value is -0.160. The molecule has 1 heterocycles. The number of aliphatic hydroxyl groups excluding tert-OH is 1. The summed E-state index contributed by atoms with van der Waals surface area (Å²) in [4.78, 5) is 2.37. The molecule has 0 aromatic carbocycles. The molecule has 2 N–H and O–H groups in total. The predicted octanol–water partition coefficient (Wildman–Crippen LogP) is 1.10. The first-order chi connectivity index (χ1) is 8.62. The van der Waals surface area contributed by atoms with Gasteiger partial charge in [0.2, 0.25) is 0 Å². The highest BCUT2D eigenvalue weighted by atomic mass is 16.5. The highest BCUT2D eigenvalue weighted by Gasteiger charge is 2.36. The Bertz CT molecular complexity index is 210. The Kier molecular flexibility index (Phi) is 7.15. The van der Waals surface area contributed by atoms with Crippen LogP contribution in [0.5, 0.6) is 0 Å². The molecular weight excluding hydrogens is 228 g/mol. The second-order valence-corrected chi connectivity index (χ2v) is 5.84. The van der Waals surface area contributed by atoms with Gasteiger partial charge < -0.3 is 20.1 Å². The van der Waals surface area contributed by atoms with E-state index in [0.29, 0.717) is 6.04 Å². The molecule has 18 heavy (non-hydrogen) atoms. The summed E-state index contributed by atoms with van der Waals surface area (Å²) in [6.07, 6.45) is 2.26. The molecule has 0 spiro atoms. The summed E-state index contributed by atoms with van der Waals surface area (Å²) in [5.74, 6) is 0. The van der Waals surface area contributed by atoms with Crippen molar-refractivity contribution in [1.82, 2.24) is 10.2 Å². The lowest BCUT2D eigenvalue weighted by molar-refractivity contribution is 0.0954. The third kappa shape index (κ3) is 5.22. The van der Waals surface area contributed by atoms with Gasteiger partial charge in [-0.3, -0.25) is 0 Å². The Balaban J connectivity index is 2.53. The topological polar surface area (TPSA) is 44.7 Å². The summed E-state index contributed by atoms with van der Waals surface area (Å²) in [6, 6.07) is 0.514. The lowest BCUT2D eigenvalue weighted by Gasteiger charge is -2.34. The summed E-state index contributed by atoms with van der Waals surface area (Å²) < 4.78 is 5.62. The number of rotatable bonds is 9. The van der Waals surface area contributed by atoms with Crippen LogP contribution in [0.1, 0.15) is 33.6 Å².